The summed E-state index contributed by atoms with van der Waals surface area (Å²) in [7, 11) is 1.78. The lowest BCUT2D eigenvalue weighted by molar-refractivity contribution is -0.245. The first-order chi connectivity index (χ1) is 17.4. The molecule has 3 aromatic rings. The summed E-state index contributed by atoms with van der Waals surface area (Å²) in [6, 6.07) is 14.7. The third kappa shape index (κ3) is 6.88. The molecule has 12 heteroatoms. The number of carboxylic acid groups (broad SMARTS) is 1. The maximum atomic E-state index is 11.9. The molecule has 0 radical (unpaired) electrons. The van der Waals surface area contributed by atoms with Gasteiger partial charge in [-0.15, -0.1) is 5.10 Å². The average Bonchev–Trinajstić information content (AvgIpc) is 3.31. The van der Waals surface area contributed by atoms with Gasteiger partial charge < -0.3 is 25.0 Å². The van der Waals surface area contributed by atoms with Crippen LogP contribution in [0.25, 0.3) is 0 Å². The van der Waals surface area contributed by atoms with E-state index in [2.05, 4.69) is 20.8 Å². The third-order valence-electron chi connectivity index (χ3n) is 5.63. The molecule has 1 saturated heterocycles. The lowest BCUT2D eigenvalue weighted by atomic mass is 10.0. The van der Waals surface area contributed by atoms with Crippen molar-refractivity contribution in [3.8, 4) is 0 Å². The van der Waals surface area contributed by atoms with Gasteiger partial charge in [0, 0.05) is 36.9 Å². The first kappa shape index (κ1) is 25.8. The number of carbonyl (C=O) groups excluding carboxylic acids is 1. The molecular formula is C24H27N5O6S. The van der Waals surface area contributed by atoms with Crippen LogP contribution in [-0.4, -0.2) is 54.2 Å². The van der Waals surface area contributed by atoms with Crippen molar-refractivity contribution in [1.29, 1.82) is 0 Å². The topological polar surface area (TPSA) is 149 Å². The van der Waals surface area contributed by atoms with E-state index in [0.717, 1.165) is 16.7 Å². The fraction of sp³-hybridized carbons (Fsp3) is 0.375. The number of carbonyl (C=O) groups is 2. The van der Waals surface area contributed by atoms with Gasteiger partial charge in [0.2, 0.25) is 11.1 Å². The van der Waals surface area contributed by atoms with Gasteiger partial charge in [0.25, 0.3) is 0 Å². The second kappa shape index (κ2) is 12.1. The van der Waals surface area contributed by atoms with Crippen LogP contribution in [0, 0.1) is 0 Å². The Kier molecular flexibility index (Phi) is 8.65. The summed E-state index contributed by atoms with van der Waals surface area (Å²) < 4.78 is 14.2. The summed E-state index contributed by atoms with van der Waals surface area (Å²) in [6.07, 6.45) is -0.702. The maximum Gasteiger partial charge on any atom is 0.303 e. The number of anilines is 1. The van der Waals surface area contributed by atoms with E-state index in [1.165, 1.54) is 11.8 Å². The number of nitrogens with zero attached hydrogens (tertiary/aromatic N) is 4. The van der Waals surface area contributed by atoms with E-state index in [0.29, 0.717) is 23.0 Å². The van der Waals surface area contributed by atoms with Crippen molar-refractivity contribution < 1.29 is 29.3 Å². The molecule has 4 rings (SSSR count). The summed E-state index contributed by atoms with van der Waals surface area (Å²) in [5, 5.41) is 33.0. The van der Waals surface area contributed by atoms with E-state index in [9.17, 15) is 14.7 Å². The Morgan fingerprint density at radius 3 is 2.44 bits per heavy atom. The summed E-state index contributed by atoms with van der Waals surface area (Å²) in [5.41, 5.74) is 3.15. The molecule has 0 saturated carbocycles. The van der Waals surface area contributed by atoms with Gasteiger partial charge in [0.05, 0.1) is 25.2 Å². The standard InChI is InChI=1S/C24H27N5O6S/c1-29-24(26-27-28-29)36-14-19-12-20(16-4-2-15(13-30)3-5-16)35-23(34-19)17-6-8-18(9-7-17)25-21(31)10-11-22(32)33/h2-9,19-20,23,30H,10-14H2,1H3,(H,25,31)(H,32,33)/t19-,20+,23+/m0/s1. The van der Waals surface area contributed by atoms with Crippen LogP contribution in [0.2, 0.25) is 0 Å². The Labute approximate surface area is 211 Å². The van der Waals surface area contributed by atoms with Gasteiger partial charge >= 0.3 is 5.97 Å². The maximum absolute atomic E-state index is 11.9. The first-order valence-electron chi connectivity index (χ1n) is 11.4. The summed E-state index contributed by atoms with van der Waals surface area (Å²) in [4.78, 5) is 22.6. The van der Waals surface area contributed by atoms with E-state index in [4.69, 9.17) is 14.6 Å². The van der Waals surface area contributed by atoms with Crippen LogP contribution in [0.15, 0.2) is 53.7 Å². The number of rotatable bonds is 10. The number of aryl methyl sites for hydroxylation is 1. The molecule has 3 N–H and O–H groups in total. The van der Waals surface area contributed by atoms with Gasteiger partial charge in [-0.3, -0.25) is 9.59 Å². The van der Waals surface area contributed by atoms with Crippen molar-refractivity contribution in [3.63, 3.8) is 0 Å². The average molecular weight is 514 g/mol. The molecule has 190 valence electrons. The molecular weight excluding hydrogens is 486 g/mol. The summed E-state index contributed by atoms with van der Waals surface area (Å²) in [5.74, 6) is -0.760. The number of aromatic nitrogens is 4. The van der Waals surface area contributed by atoms with E-state index < -0.39 is 12.3 Å². The Balaban J connectivity index is 1.47. The van der Waals surface area contributed by atoms with Gasteiger partial charge in [0.1, 0.15) is 0 Å². The molecule has 11 nitrogen and oxygen atoms in total. The fourth-order valence-electron chi connectivity index (χ4n) is 3.70. The minimum atomic E-state index is -1.02. The van der Waals surface area contributed by atoms with Crippen molar-refractivity contribution >= 4 is 29.3 Å². The zero-order valence-corrected chi connectivity index (χ0v) is 20.4. The molecule has 1 aliphatic heterocycles. The normalized spacial score (nSPS) is 19.7. The molecule has 2 aromatic carbocycles. The number of aliphatic hydroxyl groups excluding tert-OH is 1. The fourth-order valence-corrected chi connectivity index (χ4v) is 4.57. The minimum Gasteiger partial charge on any atom is -0.481 e. The highest BCUT2D eigenvalue weighted by atomic mass is 32.2. The monoisotopic (exact) mass is 513 g/mol. The van der Waals surface area contributed by atoms with Crippen LogP contribution < -0.4 is 5.32 Å². The van der Waals surface area contributed by atoms with E-state index in [-0.39, 0.29) is 37.6 Å². The molecule has 3 atom stereocenters. The van der Waals surface area contributed by atoms with Crippen molar-refractivity contribution in [1.82, 2.24) is 20.2 Å². The molecule has 1 aromatic heterocycles. The number of aliphatic carboxylic acids is 1. The van der Waals surface area contributed by atoms with Crippen molar-refractivity contribution in [3.05, 3.63) is 65.2 Å². The highest BCUT2D eigenvalue weighted by Crippen LogP contribution is 2.39. The predicted molar refractivity (Wildman–Crippen MR) is 130 cm³/mol. The largest absolute Gasteiger partial charge is 0.481 e. The molecule has 36 heavy (non-hydrogen) atoms. The molecule has 1 amide bonds. The van der Waals surface area contributed by atoms with E-state index in [1.807, 2.05) is 36.4 Å². The van der Waals surface area contributed by atoms with Crippen molar-refractivity contribution in [2.75, 3.05) is 11.1 Å². The molecule has 1 fully saturated rings. The lowest BCUT2D eigenvalue weighted by Crippen LogP contribution is -2.31. The number of ether oxygens (including phenoxy) is 2. The van der Waals surface area contributed by atoms with Gasteiger partial charge in [-0.05, 0) is 33.7 Å². The Hall–Kier alpha value is -3.32. The zero-order chi connectivity index (χ0) is 25.5. The molecule has 0 spiro atoms. The predicted octanol–water partition coefficient (Wildman–Crippen LogP) is 2.84. The quantitative estimate of drug-likeness (QED) is 0.346. The zero-order valence-electron chi connectivity index (χ0n) is 19.6. The second-order valence-corrected chi connectivity index (χ2v) is 9.30. The Bertz CT molecular complexity index is 1170. The summed E-state index contributed by atoms with van der Waals surface area (Å²) in [6.45, 7) is -0.0261. The number of hydrogen-bond acceptors (Lipinski definition) is 9. The van der Waals surface area contributed by atoms with Crippen LogP contribution in [0.1, 0.15) is 48.3 Å². The minimum absolute atomic E-state index is 0.0261. The second-order valence-electron chi connectivity index (χ2n) is 8.31. The van der Waals surface area contributed by atoms with Crippen molar-refractivity contribution in [2.24, 2.45) is 7.05 Å². The number of carboxylic acids is 1. The number of thioether (sulfide) groups is 1. The Morgan fingerprint density at radius 2 is 1.81 bits per heavy atom. The van der Waals surface area contributed by atoms with Gasteiger partial charge in [0.15, 0.2) is 6.29 Å². The SMILES string of the molecule is Cn1nnnc1SC[C@@H]1C[C@H](c2ccc(CO)cc2)O[C@H](c2ccc(NC(=O)CCC(=O)O)cc2)O1. The van der Waals surface area contributed by atoms with Gasteiger partial charge in [-0.25, -0.2) is 4.68 Å². The smallest absolute Gasteiger partial charge is 0.303 e. The number of aliphatic hydroxyl groups is 1. The molecule has 2 heterocycles. The van der Waals surface area contributed by atoms with Crippen LogP contribution in [0.3, 0.4) is 0 Å². The highest BCUT2D eigenvalue weighted by molar-refractivity contribution is 7.99. The molecule has 0 unspecified atom stereocenters. The molecule has 0 aliphatic carbocycles. The highest BCUT2D eigenvalue weighted by Gasteiger charge is 2.32. The Morgan fingerprint density at radius 1 is 1.08 bits per heavy atom. The number of hydrogen-bond donors (Lipinski definition) is 3. The van der Waals surface area contributed by atoms with Crippen molar-refractivity contribution in [2.45, 2.75) is 49.5 Å². The number of nitrogens with one attached hydrogen (secondary N) is 1. The van der Waals surface area contributed by atoms with Crippen LogP contribution in [0.4, 0.5) is 5.69 Å². The van der Waals surface area contributed by atoms with Crippen LogP contribution in [-0.2, 0) is 32.7 Å². The number of tetrazole rings is 1. The first-order valence-corrected chi connectivity index (χ1v) is 12.4. The number of amides is 1. The van der Waals surface area contributed by atoms with Gasteiger partial charge in [-0.1, -0.05) is 48.2 Å². The van der Waals surface area contributed by atoms with Gasteiger partial charge in [-0.2, -0.15) is 0 Å². The molecule has 1 aliphatic rings. The third-order valence-corrected chi connectivity index (χ3v) is 6.77. The molecule has 0 bridgehead atoms. The number of benzene rings is 2. The van der Waals surface area contributed by atoms with Crippen LogP contribution in [0.5, 0.6) is 0 Å². The lowest BCUT2D eigenvalue weighted by Gasteiger charge is -2.36. The van der Waals surface area contributed by atoms with E-state index in [1.54, 1.807) is 23.9 Å². The summed E-state index contributed by atoms with van der Waals surface area (Å²) >= 11 is 1.50. The van der Waals surface area contributed by atoms with E-state index >= 15 is 0 Å². The van der Waals surface area contributed by atoms with Crippen LogP contribution >= 0.6 is 11.8 Å².